The molecule has 0 aromatic heterocycles. The van der Waals surface area contributed by atoms with Gasteiger partial charge in [0.15, 0.2) is 0 Å². The Bertz CT molecular complexity index is 2690. The van der Waals surface area contributed by atoms with Gasteiger partial charge in [0.1, 0.15) is 24.2 Å². The smallest absolute Gasteiger partial charge is 0.251 e. The maximum Gasteiger partial charge on any atom is 0.251 e. The maximum atomic E-state index is 14.7. The Labute approximate surface area is 472 Å². The highest BCUT2D eigenvalue weighted by Crippen LogP contribution is 2.33. The molecule has 8 N–H and O–H groups in total. The molecule has 0 unspecified atom stereocenters. The Kier molecular flexibility index (Phi) is 23.3. The lowest BCUT2D eigenvalue weighted by atomic mass is 9.85. The molecule has 4 aliphatic rings. The van der Waals surface area contributed by atoms with Crippen LogP contribution in [0.2, 0.25) is 0 Å². The number of aryl methyl sites for hydroxylation is 2. The van der Waals surface area contributed by atoms with E-state index in [1.807, 2.05) is 63.2 Å². The van der Waals surface area contributed by atoms with Crippen LogP contribution in [0.15, 0.2) is 72.8 Å². The largest absolute Gasteiger partial charge is 0.347 e. The zero-order valence-electron chi connectivity index (χ0n) is 45.0. The van der Waals surface area contributed by atoms with Gasteiger partial charge in [0.2, 0.25) is 35.4 Å². The number of nitrogens with zero attached hydrogens (tertiary/aromatic N) is 2. The fourth-order valence-electron chi connectivity index (χ4n) is 10.7. The normalized spacial score (nSPS) is 21.8. The van der Waals surface area contributed by atoms with Crippen LogP contribution in [-0.4, -0.2) is 133 Å². The van der Waals surface area contributed by atoms with Gasteiger partial charge in [-0.2, -0.15) is 0 Å². The molecule has 10 atom stereocenters. The van der Waals surface area contributed by atoms with Crippen molar-refractivity contribution in [3.8, 4) is 12.3 Å². The summed E-state index contributed by atoms with van der Waals surface area (Å²) in [4.78, 5) is 115. The number of likely N-dealkylation sites (tertiary alicyclic amines) is 2. The molecule has 424 valence electrons. The van der Waals surface area contributed by atoms with Crippen molar-refractivity contribution in [1.29, 1.82) is 0 Å². The number of halogens is 2. The van der Waals surface area contributed by atoms with Crippen molar-refractivity contribution in [3.05, 3.63) is 106 Å². The van der Waals surface area contributed by atoms with Crippen molar-refractivity contribution in [2.45, 2.75) is 160 Å². The maximum absolute atomic E-state index is 14.7. The van der Waals surface area contributed by atoms with E-state index in [2.05, 4.69) is 54.5 Å². The van der Waals surface area contributed by atoms with Crippen LogP contribution in [-0.2, 0) is 41.6 Å². The van der Waals surface area contributed by atoms with Gasteiger partial charge in [-0.3, -0.25) is 38.4 Å². The number of carbonyl (C=O) groups is 8. The predicted molar refractivity (Wildman–Crippen MR) is 305 cm³/mol. The number of nitrogens with one attached hydrogen (secondary N) is 8. The molecule has 8 amide bonds. The summed E-state index contributed by atoms with van der Waals surface area (Å²) in [5.74, 6) is -1.22. The number of hydrogen-bond acceptors (Lipinski definition) is 10. The van der Waals surface area contributed by atoms with Crippen LogP contribution in [0.4, 0.5) is 0 Å². The number of rotatable bonds is 17. The minimum atomic E-state index is -1.13. The van der Waals surface area contributed by atoms with Crippen LogP contribution in [0.5, 0.6) is 0 Å². The van der Waals surface area contributed by atoms with Crippen LogP contribution in [0, 0.1) is 17.8 Å². The lowest BCUT2D eigenvalue weighted by Gasteiger charge is -2.36. The molecule has 3 aromatic carbocycles. The van der Waals surface area contributed by atoms with Gasteiger partial charge in [0.05, 0.1) is 24.2 Å². The average Bonchev–Trinajstić information content (AvgIpc) is 4.03. The number of carbonyl (C=O) groups excluding carboxylic acids is 8. The van der Waals surface area contributed by atoms with E-state index in [-0.39, 0.29) is 99.6 Å². The predicted octanol–water partition coefficient (Wildman–Crippen LogP) is 4.21. The van der Waals surface area contributed by atoms with E-state index in [0.717, 1.165) is 54.4 Å². The second-order valence-corrected chi connectivity index (χ2v) is 21.5. The molecule has 0 radical (unpaired) electrons. The highest BCUT2D eigenvalue weighted by Gasteiger charge is 2.47. The minimum absolute atomic E-state index is 0. The molecule has 2 heterocycles. The second kappa shape index (κ2) is 28.4. The molecule has 3 aromatic rings. The zero-order chi connectivity index (χ0) is 54.1. The third-order valence-corrected chi connectivity index (χ3v) is 15.2. The van der Waals surface area contributed by atoms with E-state index in [4.69, 9.17) is 6.42 Å². The Morgan fingerprint density at radius 1 is 0.628 bits per heavy atom. The molecule has 7 rings (SSSR count). The average molecular weight is 1120 g/mol. The van der Waals surface area contributed by atoms with Gasteiger partial charge in [-0.1, -0.05) is 82.8 Å². The van der Waals surface area contributed by atoms with Crippen molar-refractivity contribution in [2.24, 2.45) is 5.41 Å². The summed E-state index contributed by atoms with van der Waals surface area (Å²) in [7, 11) is 3.26. The summed E-state index contributed by atoms with van der Waals surface area (Å²) in [5, 5.41) is 23.8. The molecular weight excluding hydrogens is 1040 g/mol. The Balaban J connectivity index is 0.00000437. The van der Waals surface area contributed by atoms with E-state index >= 15 is 0 Å². The number of hydrogen-bond donors (Lipinski definition) is 8. The van der Waals surface area contributed by atoms with Crippen molar-refractivity contribution in [2.75, 3.05) is 27.2 Å². The molecule has 2 saturated heterocycles. The first-order chi connectivity index (χ1) is 35.8. The number of terminal acetylenes is 1. The number of fused-ring (bicyclic) bond motifs is 2. The third-order valence-electron chi connectivity index (χ3n) is 15.2. The molecule has 78 heavy (non-hydrogen) atoms. The highest BCUT2D eigenvalue weighted by atomic mass is 35.5. The monoisotopic (exact) mass is 1110 g/mol. The third kappa shape index (κ3) is 15.2. The fourth-order valence-corrected chi connectivity index (χ4v) is 10.7. The summed E-state index contributed by atoms with van der Waals surface area (Å²) in [5.41, 5.74) is 3.87. The highest BCUT2D eigenvalue weighted by molar-refractivity contribution is 6.01. The number of likely N-dealkylation sites (N-methyl/N-ethyl adjacent to an activating group) is 2. The summed E-state index contributed by atoms with van der Waals surface area (Å²) in [6.07, 6.45) is 10.7. The SMILES string of the molecule is C.C#CC[C@H](NC(=O)[C@H](C)NC)C(=O)N1C[C@@H](NC(=O)c2cccc(C(=O)N[C@H]3C[C@@H](C(=O)N[C@@H]4CCCc5ccccc54)N(C(=O)[C@@H](NC(=O)[C@H](C)NC)C(C)(C)C)C3)c2)C[C@H]1C(=O)N[C@@H]1CCCc2ccccc21.Cl.Cl. The van der Waals surface area contributed by atoms with E-state index < -0.39 is 89.2 Å². The van der Waals surface area contributed by atoms with Crippen molar-refractivity contribution in [1.82, 2.24) is 52.3 Å². The van der Waals surface area contributed by atoms with Gasteiger partial charge in [0.25, 0.3) is 11.8 Å². The minimum Gasteiger partial charge on any atom is -0.347 e. The number of benzene rings is 3. The van der Waals surface area contributed by atoms with E-state index in [1.165, 1.54) is 15.9 Å². The van der Waals surface area contributed by atoms with Crippen LogP contribution in [0.3, 0.4) is 0 Å². The molecule has 0 bridgehead atoms. The standard InChI is InChI=1S/C57H74N10O8.CH4.2ClH/c1-9-17-45(64-49(68)33(2)58-7)55(74)66-31-39(29-46(66)53(72)62-43-26-15-20-35-18-10-12-24-41(35)43)60-51(70)37-22-14-23-38(28-37)52(71)61-40-30-47(54(73)63-44-27-16-21-36-19-11-13-25-42(36)44)67(32-40)56(75)48(57(4,5)6)65-50(69)34(3)59-8;;;/h1,10-14,18-19,22-25,28,33-34,39-40,43-48,58-59H,15-17,20-21,26-27,29-32H2,2-8H3,(H,60,70)(H,61,71)(H,62,72)(H,63,73)(H,64,68)(H,65,69);1H4;2*1H/t33-,34-,39-,40-,43+,44+,45-,46-,47-,48+;;;/m0.../s1. The van der Waals surface area contributed by atoms with Gasteiger partial charge in [0, 0.05) is 42.7 Å². The van der Waals surface area contributed by atoms with Crippen LogP contribution in [0.25, 0.3) is 0 Å². The van der Waals surface area contributed by atoms with Crippen molar-refractivity contribution < 1.29 is 38.4 Å². The van der Waals surface area contributed by atoms with E-state index in [0.29, 0.717) is 6.42 Å². The van der Waals surface area contributed by atoms with Crippen LogP contribution >= 0.6 is 24.8 Å². The topological polar surface area (TPSA) is 239 Å². The molecule has 2 aliphatic carbocycles. The molecule has 0 saturated carbocycles. The van der Waals surface area contributed by atoms with Crippen LogP contribution < -0.4 is 42.5 Å². The Hall–Kier alpha value is -6.52. The lowest BCUT2D eigenvalue weighted by molar-refractivity contribution is -0.144. The Morgan fingerprint density at radius 2 is 1.06 bits per heavy atom. The van der Waals surface area contributed by atoms with Gasteiger partial charge in [-0.25, -0.2) is 0 Å². The first-order valence-electron chi connectivity index (χ1n) is 26.3. The summed E-state index contributed by atoms with van der Waals surface area (Å²) >= 11 is 0. The van der Waals surface area contributed by atoms with Crippen LogP contribution in [0.1, 0.15) is 142 Å². The summed E-state index contributed by atoms with van der Waals surface area (Å²) in [6.45, 7) is 8.77. The molecule has 2 aliphatic heterocycles. The summed E-state index contributed by atoms with van der Waals surface area (Å²) in [6, 6.07) is 14.7. The fraction of sp³-hybridized carbons (Fsp3) is 0.517. The lowest BCUT2D eigenvalue weighted by Crippen LogP contribution is -2.59. The van der Waals surface area contributed by atoms with Gasteiger partial charge in [-0.15, -0.1) is 37.2 Å². The summed E-state index contributed by atoms with van der Waals surface area (Å²) < 4.78 is 0. The van der Waals surface area contributed by atoms with E-state index in [9.17, 15) is 38.4 Å². The van der Waals surface area contributed by atoms with Gasteiger partial charge < -0.3 is 52.3 Å². The first-order valence-corrected chi connectivity index (χ1v) is 26.3. The van der Waals surface area contributed by atoms with Crippen molar-refractivity contribution >= 4 is 72.1 Å². The molecule has 2 fully saturated rings. The molecular formula is C58H80Cl2N10O8. The molecule has 18 nitrogen and oxygen atoms in total. The zero-order valence-corrected chi connectivity index (χ0v) is 46.7. The second-order valence-electron chi connectivity index (χ2n) is 21.5. The molecule has 20 heteroatoms. The van der Waals surface area contributed by atoms with E-state index in [1.54, 1.807) is 46.1 Å². The molecule has 0 spiro atoms. The van der Waals surface area contributed by atoms with Gasteiger partial charge >= 0.3 is 0 Å². The van der Waals surface area contributed by atoms with Crippen molar-refractivity contribution in [3.63, 3.8) is 0 Å². The Morgan fingerprint density at radius 3 is 1.50 bits per heavy atom. The quantitative estimate of drug-likeness (QED) is 0.0897. The first kappa shape index (κ1) is 64.0. The van der Waals surface area contributed by atoms with Gasteiger partial charge in [-0.05, 0) is 125 Å². The number of amides is 8.